The molecule has 53 heavy (non-hydrogen) atoms. The molecule has 3 aromatic heterocycles. The van der Waals surface area contributed by atoms with E-state index in [1.807, 2.05) is 6.92 Å². The number of likely N-dealkylation sites (tertiary alicyclic amines) is 2. The normalized spacial score (nSPS) is 19.5. The van der Waals surface area contributed by atoms with Gasteiger partial charge in [0.15, 0.2) is 5.82 Å². The Balaban J connectivity index is 1.17. The van der Waals surface area contributed by atoms with Crippen LogP contribution in [0.3, 0.4) is 0 Å². The number of imidazole rings is 2. The Bertz CT molecular complexity index is 1930. The highest BCUT2D eigenvalue weighted by atomic mass is 19.1. The number of amides is 3. The lowest BCUT2D eigenvalue weighted by Crippen LogP contribution is -2.54. The minimum absolute atomic E-state index is 0.102. The summed E-state index contributed by atoms with van der Waals surface area (Å²) in [5.74, 6) is 0.0285. The van der Waals surface area contributed by atoms with Gasteiger partial charge < -0.3 is 39.3 Å². The van der Waals surface area contributed by atoms with Crippen molar-refractivity contribution in [3.8, 4) is 34.0 Å². The average molecular weight is 731 g/mol. The van der Waals surface area contributed by atoms with Gasteiger partial charge in [-0.15, -0.1) is 0 Å². The number of carbonyl (C=O) groups is 3. The summed E-state index contributed by atoms with van der Waals surface area (Å²) in [6.45, 7) is 8.60. The van der Waals surface area contributed by atoms with E-state index in [1.54, 1.807) is 60.6 Å². The second kappa shape index (κ2) is 16.2. The Kier molecular flexibility index (Phi) is 11.5. The monoisotopic (exact) mass is 730 g/mol. The van der Waals surface area contributed by atoms with Gasteiger partial charge >= 0.3 is 6.09 Å². The quantitative estimate of drug-likeness (QED) is 0.186. The van der Waals surface area contributed by atoms with E-state index in [-0.39, 0.29) is 30.0 Å². The number of ether oxygens (including phenoxy) is 3. The highest BCUT2D eigenvalue weighted by molar-refractivity contribution is 5.87. The van der Waals surface area contributed by atoms with Crippen molar-refractivity contribution in [2.75, 3.05) is 34.4 Å². The minimum atomic E-state index is -0.945. The summed E-state index contributed by atoms with van der Waals surface area (Å²) < 4.78 is 31.1. The van der Waals surface area contributed by atoms with E-state index in [9.17, 15) is 14.4 Å². The molecular formula is C37H45FN9O6. The van der Waals surface area contributed by atoms with Crippen molar-refractivity contribution in [1.29, 1.82) is 0 Å². The van der Waals surface area contributed by atoms with Crippen molar-refractivity contribution >= 4 is 17.9 Å². The largest absolute Gasteiger partial charge is 0.453 e. The summed E-state index contributed by atoms with van der Waals surface area (Å²) in [5, 5.41) is 2.59. The molecule has 2 fully saturated rings. The summed E-state index contributed by atoms with van der Waals surface area (Å²) in [7, 11) is 4.26. The summed E-state index contributed by atoms with van der Waals surface area (Å²) in [6, 6.07) is 4.92. The second-order valence-corrected chi connectivity index (χ2v) is 13.3. The van der Waals surface area contributed by atoms with Crippen molar-refractivity contribution in [3.63, 3.8) is 0 Å². The highest BCUT2D eigenvalue weighted by Crippen LogP contribution is 2.35. The molecule has 16 heteroatoms. The number of rotatable bonds is 12. The van der Waals surface area contributed by atoms with Gasteiger partial charge in [0.25, 0.3) is 0 Å². The third-order valence-electron chi connectivity index (χ3n) is 10.2. The maximum atomic E-state index is 15.7. The van der Waals surface area contributed by atoms with Crippen molar-refractivity contribution in [3.05, 3.63) is 67.2 Å². The Morgan fingerprint density at radius 1 is 0.887 bits per heavy atom. The van der Waals surface area contributed by atoms with Crippen LogP contribution in [0.15, 0.2) is 42.9 Å². The molecule has 1 radical (unpaired) electrons. The molecule has 15 nitrogen and oxygen atoms in total. The van der Waals surface area contributed by atoms with Gasteiger partial charge in [-0.05, 0) is 64.7 Å². The van der Waals surface area contributed by atoms with Crippen molar-refractivity contribution in [2.45, 2.75) is 69.9 Å². The van der Waals surface area contributed by atoms with Crippen LogP contribution in [0, 0.1) is 18.7 Å². The van der Waals surface area contributed by atoms with Crippen LogP contribution in [0.2, 0.25) is 0 Å². The topological polar surface area (TPSA) is 181 Å². The number of H-pyrrole nitrogens is 2. The molecule has 3 amide bonds. The van der Waals surface area contributed by atoms with E-state index < -0.39 is 30.0 Å². The Morgan fingerprint density at radius 3 is 2.13 bits per heavy atom. The van der Waals surface area contributed by atoms with Crippen molar-refractivity contribution in [2.24, 2.45) is 5.92 Å². The number of benzene rings is 1. The van der Waals surface area contributed by atoms with E-state index in [0.29, 0.717) is 65.2 Å². The molecular weight excluding hydrogens is 685 g/mol. The van der Waals surface area contributed by atoms with Crippen LogP contribution in [0.25, 0.3) is 34.0 Å². The molecule has 281 valence electrons. The molecule has 5 heterocycles. The van der Waals surface area contributed by atoms with Gasteiger partial charge in [-0.25, -0.2) is 29.1 Å². The summed E-state index contributed by atoms with van der Waals surface area (Å²) in [5.41, 5.74) is 2.41. The molecule has 2 aliphatic rings. The predicted octanol–water partition coefficient (Wildman–Crippen LogP) is 4.63. The lowest BCUT2D eigenvalue weighted by molar-refractivity contribution is -0.139. The Morgan fingerprint density at radius 2 is 1.51 bits per heavy atom. The van der Waals surface area contributed by atoms with Crippen LogP contribution in [0.1, 0.15) is 63.3 Å². The first-order valence-corrected chi connectivity index (χ1v) is 17.6. The number of carbonyl (C=O) groups excluding carboxylic acids is 3. The van der Waals surface area contributed by atoms with Crippen LogP contribution in [0.5, 0.6) is 0 Å². The number of nitrogens with zero attached hydrogens (tertiary/aromatic N) is 6. The smallest absolute Gasteiger partial charge is 0.407 e. The SMILES string of the molecule is [CH2][C@H](C(=O)N1CCC[C@H]1c1ncc(-c2ccc(-c3nccc(-c4cnc([C@@H]5CCCN5C(=O)[C@@H](NC(=O)OC)[C@@H](C)OC)[nH]4)n3)cc2F)[nH]1)[C@@H](C)OC. The summed E-state index contributed by atoms with van der Waals surface area (Å²) in [4.78, 5) is 67.0. The zero-order valence-electron chi connectivity index (χ0n) is 30.5. The first kappa shape index (κ1) is 37.5. The van der Waals surface area contributed by atoms with Crippen LogP contribution in [-0.2, 0) is 23.8 Å². The first-order valence-electron chi connectivity index (χ1n) is 17.6. The molecule has 6 rings (SSSR count). The van der Waals surface area contributed by atoms with Crippen LogP contribution in [0.4, 0.5) is 9.18 Å². The average Bonchev–Trinajstić information content (AvgIpc) is 4.02. The van der Waals surface area contributed by atoms with E-state index in [1.165, 1.54) is 20.3 Å². The zero-order chi connectivity index (χ0) is 37.8. The fourth-order valence-electron chi connectivity index (χ4n) is 6.89. The molecule has 0 spiro atoms. The number of hydrogen-bond donors (Lipinski definition) is 3. The third kappa shape index (κ3) is 7.78. The first-order chi connectivity index (χ1) is 25.5. The van der Waals surface area contributed by atoms with Gasteiger partial charge in [-0.1, -0.05) is 6.07 Å². The lowest BCUT2D eigenvalue weighted by atomic mass is 10.0. The second-order valence-electron chi connectivity index (χ2n) is 13.3. The number of hydrogen-bond acceptors (Lipinski definition) is 10. The molecule has 1 aromatic carbocycles. The number of halogens is 1. The fourth-order valence-corrected chi connectivity index (χ4v) is 6.89. The van der Waals surface area contributed by atoms with Gasteiger partial charge in [0.05, 0.1) is 66.8 Å². The summed E-state index contributed by atoms with van der Waals surface area (Å²) in [6.07, 6.45) is 6.14. The van der Waals surface area contributed by atoms with E-state index in [4.69, 9.17) is 19.2 Å². The third-order valence-corrected chi connectivity index (χ3v) is 10.2. The molecule has 3 N–H and O–H groups in total. The molecule has 0 bridgehead atoms. The Labute approximate surface area is 307 Å². The number of aromatic nitrogens is 6. The minimum Gasteiger partial charge on any atom is -0.453 e. The molecule has 0 unspecified atom stereocenters. The molecule has 0 aliphatic carbocycles. The van der Waals surface area contributed by atoms with E-state index in [2.05, 4.69) is 37.2 Å². The maximum absolute atomic E-state index is 15.7. The fraction of sp³-hybridized carbons (Fsp3) is 0.459. The van der Waals surface area contributed by atoms with Crippen LogP contribution in [-0.4, -0.2) is 110 Å². The zero-order valence-corrected chi connectivity index (χ0v) is 30.5. The number of methoxy groups -OCH3 is 3. The van der Waals surface area contributed by atoms with Crippen LogP contribution >= 0.6 is 0 Å². The highest BCUT2D eigenvalue weighted by Gasteiger charge is 2.39. The Hall–Kier alpha value is -5.22. The number of nitrogens with one attached hydrogen (secondary N) is 3. The standard InChI is InChI=1S/C37H45FN9O6/c1-20(21(2)51-4)35(48)46-15-7-9-29(46)33-40-18-27(43-33)24-12-11-23(17-25(24)38)32-39-14-13-26(42-32)28-19-41-34(44-28)30-10-8-16-47(30)36(49)31(22(3)52-5)45-37(50)53-6/h11-14,17-22,29-31H,1,7-10,15-16H2,2-6H3,(H,40,43)(H,41,44)(H,45,50)/t20-,21+,22+,29-,30-,31-/m0/s1. The molecule has 6 atom stereocenters. The maximum Gasteiger partial charge on any atom is 0.407 e. The predicted molar refractivity (Wildman–Crippen MR) is 191 cm³/mol. The van der Waals surface area contributed by atoms with Crippen molar-refractivity contribution < 1.29 is 33.0 Å². The molecule has 4 aromatic rings. The summed E-state index contributed by atoms with van der Waals surface area (Å²) >= 11 is 0. The lowest BCUT2D eigenvalue weighted by Gasteiger charge is -2.30. The van der Waals surface area contributed by atoms with Gasteiger partial charge in [0.2, 0.25) is 11.8 Å². The van der Waals surface area contributed by atoms with Gasteiger partial charge in [-0.3, -0.25) is 9.59 Å². The number of alkyl carbamates (subject to hydrolysis) is 1. The van der Waals surface area contributed by atoms with Crippen molar-refractivity contribution in [1.82, 2.24) is 45.0 Å². The van der Waals surface area contributed by atoms with E-state index >= 15 is 4.39 Å². The van der Waals surface area contributed by atoms with Crippen LogP contribution < -0.4 is 5.32 Å². The van der Waals surface area contributed by atoms with E-state index in [0.717, 1.165) is 19.3 Å². The molecule has 2 aliphatic heterocycles. The van der Waals surface area contributed by atoms with Gasteiger partial charge in [-0.2, -0.15) is 0 Å². The molecule has 0 saturated carbocycles. The van der Waals surface area contributed by atoms with Gasteiger partial charge in [0, 0.05) is 44.6 Å². The number of aromatic amines is 2. The van der Waals surface area contributed by atoms with Gasteiger partial charge in [0.1, 0.15) is 23.5 Å². The molecule has 2 saturated heterocycles.